The van der Waals surface area contributed by atoms with Gasteiger partial charge in [-0.15, -0.1) is 0 Å². The van der Waals surface area contributed by atoms with Gasteiger partial charge in [-0.25, -0.2) is 9.97 Å². The number of nitrogens with zero attached hydrogens (tertiary/aromatic N) is 4. The van der Waals surface area contributed by atoms with E-state index in [2.05, 4.69) is 9.97 Å². The van der Waals surface area contributed by atoms with Crippen molar-refractivity contribution in [2.75, 3.05) is 31.1 Å². The summed E-state index contributed by atoms with van der Waals surface area (Å²) in [6.45, 7) is 4.88. The Balaban J connectivity index is 1.67. The standard InChI is InChI=1S/C20H21F3N4O/c1-14(12-16-6-4-3-5-7-16)19(28)27-10-8-26(9-11-27)18-13-17(20(21,22)23)24-15(2)25-18/h3-7,12-13H,8-11H2,1-2H3/b14-12+. The summed E-state index contributed by atoms with van der Waals surface area (Å²) in [4.78, 5) is 23.7. The number of piperazine rings is 1. The number of carbonyl (C=O) groups is 1. The van der Waals surface area contributed by atoms with Crippen LogP contribution in [0.3, 0.4) is 0 Å². The third-order valence-electron chi connectivity index (χ3n) is 4.53. The Labute approximate surface area is 161 Å². The normalized spacial score (nSPS) is 15.7. The van der Waals surface area contributed by atoms with Crippen molar-refractivity contribution in [3.05, 3.63) is 59.1 Å². The lowest BCUT2D eigenvalue weighted by Gasteiger charge is -2.35. The van der Waals surface area contributed by atoms with E-state index in [1.54, 1.807) is 16.7 Å². The van der Waals surface area contributed by atoms with Crippen molar-refractivity contribution >= 4 is 17.8 Å². The molecule has 1 aliphatic rings. The van der Waals surface area contributed by atoms with E-state index >= 15 is 0 Å². The number of aryl methyl sites for hydroxylation is 1. The number of aromatic nitrogens is 2. The van der Waals surface area contributed by atoms with Crippen LogP contribution in [-0.2, 0) is 11.0 Å². The van der Waals surface area contributed by atoms with Gasteiger partial charge in [0.15, 0.2) is 0 Å². The maximum absolute atomic E-state index is 13.0. The Morgan fingerprint density at radius 3 is 2.32 bits per heavy atom. The van der Waals surface area contributed by atoms with Crippen LogP contribution in [-0.4, -0.2) is 47.0 Å². The molecule has 1 aliphatic heterocycles. The first-order valence-corrected chi connectivity index (χ1v) is 8.94. The number of hydrogen-bond donors (Lipinski definition) is 0. The summed E-state index contributed by atoms with van der Waals surface area (Å²) in [6.07, 6.45) is -2.68. The average Bonchev–Trinajstić information content (AvgIpc) is 2.67. The van der Waals surface area contributed by atoms with Gasteiger partial charge < -0.3 is 9.80 Å². The zero-order valence-corrected chi connectivity index (χ0v) is 15.7. The smallest absolute Gasteiger partial charge is 0.353 e. The molecule has 0 spiro atoms. The monoisotopic (exact) mass is 390 g/mol. The summed E-state index contributed by atoms with van der Waals surface area (Å²) in [7, 11) is 0. The maximum Gasteiger partial charge on any atom is 0.433 e. The summed E-state index contributed by atoms with van der Waals surface area (Å²) >= 11 is 0. The van der Waals surface area contributed by atoms with E-state index in [1.807, 2.05) is 36.4 Å². The molecule has 1 saturated heterocycles. The van der Waals surface area contributed by atoms with Crippen LogP contribution in [0.4, 0.5) is 19.0 Å². The molecule has 2 aromatic rings. The molecule has 0 bridgehead atoms. The molecule has 148 valence electrons. The molecule has 0 radical (unpaired) electrons. The van der Waals surface area contributed by atoms with Crippen molar-refractivity contribution in [3.8, 4) is 0 Å². The minimum absolute atomic E-state index is 0.0710. The Bertz CT molecular complexity index is 873. The van der Waals surface area contributed by atoms with Crippen molar-refractivity contribution in [2.24, 2.45) is 0 Å². The lowest BCUT2D eigenvalue weighted by molar-refractivity contribution is -0.141. The molecule has 0 N–H and O–H groups in total. The molecule has 0 aliphatic carbocycles. The lowest BCUT2D eigenvalue weighted by atomic mass is 10.1. The second kappa shape index (κ2) is 8.00. The van der Waals surface area contributed by atoms with Crippen LogP contribution in [0.15, 0.2) is 42.0 Å². The molecular formula is C20H21F3N4O. The van der Waals surface area contributed by atoms with Crippen molar-refractivity contribution in [1.29, 1.82) is 0 Å². The Kier molecular flexibility index (Phi) is 5.67. The highest BCUT2D eigenvalue weighted by Gasteiger charge is 2.34. The van der Waals surface area contributed by atoms with Gasteiger partial charge in [0.1, 0.15) is 17.3 Å². The number of amides is 1. The first-order chi connectivity index (χ1) is 13.2. The zero-order valence-electron chi connectivity index (χ0n) is 15.7. The molecule has 1 amide bonds. The molecule has 1 aromatic carbocycles. The Hall–Kier alpha value is -2.90. The van der Waals surface area contributed by atoms with Crippen molar-refractivity contribution in [1.82, 2.24) is 14.9 Å². The van der Waals surface area contributed by atoms with Crippen LogP contribution in [0.25, 0.3) is 6.08 Å². The fraction of sp³-hybridized carbons (Fsp3) is 0.350. The SMILES string of the molecule is C/C(=C\c1ccccc1)C(=O)N1CCN(c2cc(C(F)(F)F)nc(C)n2)CC1. The topological polar surface area (TPSA) is 49.3 Å². The summed E-state index contributed by atoms with van der Waals surface area (Å²) in [5.74, 6) is 0.242. The number of benzene rings is 1. The van der Waals surface area contributed by atoms with Gasteiger partial charge in [-0.05, 0) is 25.5 Å². The Morgan fingerprint density at radius 1 is 1.07 bits per heavy atom. The zero-order chi connectivity index (χ0) is 20.3. The number of alkyl halides is 3. The summed E-state index contributed by atoms with van der Waals surface area (Å²) < 4.78 is 38.9. The van der Waals surface area contributed by atoms with E-state index in [1.165, 1.54) is 6.92 Å². The second-order valence-corrected chi connectivity index (χ2v) is 6.67. The highest BCUT2D eigenvalue weighted by molar-refractivity contribution is 5.97. The fourth-order valence-electron chi connectivity index (χ4n) is 3.11. The highest BCUT2D eigenvalue weighted by Crippen LogP contribution is 2.30. The van der Waals surface area contributed by atoms with Gasteiger partial charge in [0.2, 0.25) is 5.91 Å². The van der Waals surface area contributed by atoms with Crippen LogP contribution >= 0.6 is 0 Å². The quantitative estimate of drug-likeness (QED) is 0.752. The van der Waals surface area contributed by atoms with Gasteiger partial charge in [0.05, 0.1) is 0 Å². The van der Waals surface area contributed by atoms with E-state index < -0.39 is 11.9 Å². The highest BCUT2D eigenvalue weighted by atomic mass is 19.4. The minimum Gasteiger partial charge on any atom is -0.353 e. The average molecular weight is 390 g/mol. The predicted octanol–water partition coefficient (Wildman–Crippen LogP) is 3.56. The molecule has 28 heavy (non-hydrogen) atoms. The van der Waals surface area contributed by atoms with Gasteiger partial charge in [-0.2, -0.15) is 13.2 Å². The van der Waals surface area contributed by atoms with Crippen LogP contribution < -0.4 is 4.90 Å². The van der Waals surface area contributed by atoms with E-state index in [0.29, 0.717) is 31.8 Å². The van der Waals surface area contributed by atoms with Crippen molar-refractivity contribution in [3.63, 3.8) is 0 Å². The first kappa shape index (κ1) is 19.9. The molecule has 8 heteroatoms. The van der Waals surface area contributed by atoms with Gasteiger partial charge in [0.25, 0.3) is 0 Å². The number of anilines is 1. The van der Waals surface area contributed by atoms with Crippen molar-refractivity contribution < 1.29 is 18.0 Å². The third kappa shape index (κ3) is 4.68. The minimum atomic E-state index is -4.51. The maximum atomic E-state index is 13.0. The van der Waals surface area contributed by atoms with Gasteiger partial charge in [-0.3, -0.25) is 4.79 Å². The Morgan fingerprint density at radius 2 is 1.71 bits per heavy atom. The number of rotatable bonds is 3. The molecular weight excluding hydrogens is 369 g/mol. The number of carbonyl (C=O) groups excluding carboxylic acids is 1. The summed E-state index contributed by atoms with van der Waals surface area (Å²) in [6, 6.07) is 10.5. The van der Waals surface area contributed by atoms with Crippen LogP contribution in [0.2, 0.25) is 0 Å². The molecule has 0 saturated carbocycles. The number of hydrogen-bond acceptors (Lipinski definition) is 4. The van der Waals surface area contributed by atoms with Gasteiger partial charge >= 0.3 is 6.18 Å². The molecule has 3 rings (SSSR count). The second-order valence-electron chi connectivity index (χ2n) is 6.67. The molecule has 0 atom stereocenters. The molecule has 1 fully saturated rings. The molecule has 1 aromatic heterocycles. The molecule has 0 unspecified atom stereocenters. The largest absolute Gasteiger partial charge is 0.433 e. The number of halogens is 3. The summed E-state index contributed by atoms with van der Waals surface area (Å²) in [5.41, 5.74) is 0.621. The van der Waals surface area contributed by atoms with E-state index in [-0.39, 0.29) is 17.5 Å². The van der Waals surface area contributed by atoms with Crippen LogP contribution in [0.5, 0.6) is 0 Å². The lowest BCUT2D eigenvalue weighted by Crippen LogP contribution is -2.49. The van der Waals surface area contributed by atoms with E-state index in [4.69, 9.17) is 0 Å². The van der Waals surface area contributed by atoms with E-state index in [9.17, 15) is 18.0 Å². The van der Waals surface area contributed by atoms with Gasteiger partial charge in [0, 0.05) is 37.8 Å². The van der Waals surface area contributed by atoms with Crippen molar-refractivity contribution in [2.45, 2.75) is 20.0 Å². The van der Waals surface area contributed by atoms with Gasteiger partial charge in [-0.1, -0.05) is 30.3 Å². The van der Waals surface area contributed by atoms with E-state index in [0.717, 1.165) is 11.6 Å². The van der Waals surface area contributed by atoms with Crippen LogP contribution in [0.1, 0.15) is 24.0 Å². The first-order valence-electron chi connectivity index (χ1n) is 8.94. The predicted molar refractivity (Wildman–Crippen MR) is 101 cm³/mol. The summed E-state index contributed by atoms with van der Waals surface area (Å²) in [5, 5.41) is 0. The molecule has 5 nitrogen and oxygen atoms in total. The third-order valence-corrected chi connectivity index (χ3v) is 4.53. The van der Waals surface area contributed by atoms with Crippen LogP contribution in [0, 0.1) is 6.92 Å². The molecule has 2 heterocycles. The fourth-order valence-corrected chi connectivity index (χ4v) is 3.11.